The lowest BCUT2D eigenvalue weighted by atomic mass is 9.95. The molecular weight excluding hydrogens is 348 g/mol. The van der Waals surface area contributed by atoms with Gasteiger partial charge in [-0.05, 0) is 36.6 Å². The van der Waals surface area contributed by atoms with Gasteiger partial charge in [0.15, 0.2) is 11.5 Å². The van der Waals surface area contributed by atoms with Crippen molar-refractivity contribution in [2.75, 3.05) is 13.2 Å². The third-order valence-corrected chi connectivity index (χ3v) is 4.93. The number of nitrogens with zero attached hydrogens (tertiary/aromatic N) is 1. The first-order chi connectivity index (χ1) is 12.5. The van der Waals surface area contributed by atoms with E-state index in [9.17, 15) is 4.79 Å². The van der Waals surface area contributed by atoms with Crippen molar-refractivity contribution >= 4 is 23.3 Å². The number of ether oxygens (including phenoxy) is 2. The van der Waals surface area contributed by atoms with E-state index in [1.165, 1.54) is 6.08 Å². The van der Waals surface area contributed by atoms with Crippen molar-refractivity contribution in [1.29, 1.82) is 0 Å². The normalized spacial score (nSPS) is 15.1. The quantitative estimate of drug-likeness (QED) is 0.802. The summed E-state index contributed by atoms with van der Waals surface area (Å²) < 4.78 is 11.5. The van der Waals surface area contributed by atoms with Crippen LogP contribution in [0, 0.1) is 12.8 Å². The van der Waals surface area contributed by atoms with Crippen LogP contribution in [0.25, 0.3) is 6.08 Å². The fraction of sp³-hybridized carbons (Fsp3) is 0.400. The Hall–Kier alpha value is -2.34. The van der Waals surface area contributed by atoms with E-state index in [2.05, 4.69) is 24.1 Å². The van der Waals surface area contributed by atoms with E-state index >= 15 is 0 Å². The Morgan fingerprint density at radius 3 is 2.73 bits per heavy atom. The van der Waals surface area contributed by atoms with Gasteiger partial charge in [-0.1, -0.05) is 19.9 Å². The number of carbonyl (C=O) groups excluding carboxylic acids is 1. The molecule has 3 rings (SSSR count). The molecule has 2 heterocycles. The van der Waals surface area contributed by atoms with Gasteiger partial charge in [-0.3, -0.25) is 4.79 Å². The molecule has 1 aromatic heterocycles. The highest BCUT2D eigenvalue weighted by atomic mass is 32.1. The highest BCUT2D eigenvalue weighted by Crippen LogP contribution is 2.34. The van der Waals surface area contributed by atoms with E-state index in [1.54, 1.807) is 17.4 Å². The number of carbonyl (C=O) groups is 1. The van der Waals surface area contributed by atoms with Gasteiger partial charge in [0.1, 0.15) is 0 Å². The molecule has 0 unspecified atom stereocenters. The zero-order valence-electron chi connectivity index (χ0n) is 15.3. The summed E-state index contributed by atoms with van der Waals surface area (Å²) >= 11 is 1.57. The standard InChI is InChI=1S/C20H24N2O3S/c1-13(2)20(22-19(23)8-6-16-12-26-14(3)21-16)15-5-7-17-18(11-15)25-10-4-9-24-17/h5-8,11-13,20H,4,9-10H2,1-3H3,(H,22,23)/b8-6-/t20-/m1/s1. The van der Waals surface area contributed by atoms with Crippen LogP contribution in [0.4, 0.5) is 0 Å². The molecule has 6 heteroatoms. The fourth-order valence-electron chi connectivity index (χ4n) is 2.83. The Balaban J connectivity index is 1.73. The van der Waals surface area contributed by atoms with E-state index in [0.717, 1.165) is 34.2 Å². The molecule has 138 valence electrons. The minimum Gasteiger partial charge on any atom is -0.490 e. The van der Waals surface area contributed by atoms with Gasteiger partial charge in [0.2, 0.25) is 5.91 Å². The predicted molar refractivity (Wildman–Crippen MR) is 104 cm³/mol. The second-order valence-electron chi connectivity index (χ2n) is 6.61. The van der Waals surface area contributed by atoms with Crippen LogP contribution in [0.15, 0.2) is 29.7 Å². The Morgan fingerprint density at radius 1 is 1.27 bits per heavy atom. The van der Waals surface area contributed by atoms with Crippen LogP contribution in [0.1, 0.15) is 42.6 Å². The monoisotopic (exact) mass is 372 g/mol. The van der Waals surface area contributed by atoms with Crippen molar-refractivity contribution in [1.82, 2.24) is 10.3 Å². The molecule has 0 aliphatic carbocycles. The molecule has 1 aliphatic heterocycles. The van der Waals surface area contributed by atoms with Crippen molar-refractivity contribution in [2.45, 2.75) is 33.2 Å². The maximum atomic E-state index is 12.4. The Morgan fingerprint density at radius 2 is 2.04 bits per heavy atom. The maximum Gasteiger partial charge on any atom is 0.244 e. The van der Waals surface area contributed by atoms with Crippen LogP contribution in [-0.4, -0.2) is 24.1 Å². The number of benzene rings is 1. The number of rotatable bonds is 5. The highest BCUT2D eigenvalue weighted by molar-refractivity contribution is 7.09. The molecular formula is C20H24N2O3S. The summed E-state index contributed by atoms with van der Waals surface area (Å²) in [5, 5.41) is 6.00. The summed E-state index contributed by atoms with van der Waals surface area (Å²) in [5.74, 6) is 1.60. The van der Waals surface area contributed by atoms with Crippen LogP contribution in [0.5, 0.6) is 11.5 Å². The van der Waals surface area contributed by atoms with Crippen molar-refractivity contribution in [2.24, 2.45) is 5.92 Å². The number of hydrogen-bond donors (Lipinski definition) is 1. The lowest BCUT2D eigenvalue weighted by Gasteiger charge is -2.23. The molecule has 1 aliphatic rings. The molecule has 0 radical (unpaired) electrons. The lowest BCUT2D eigenvalue weighted by molar-refractivity contribution is -0.117. The van der Waals surface area contributed by atoms with Gasteiger partial charge in [-0.2, -0.15) is 0 Å². The summed E-state index contributed by atoms with van der Waals surface area (Å²) in [4.78, 5) is 16.7. The number of nitrogens with one attached hydrogen (secondary N) is 1. The van der Waals surface area contributed by atoms with Crippen molar-refractivity contribution < 1.29 is 14.3 Å². The first-order valence-corrected chi connectivity index (χ1v) is 9.71. The molecule has 1 amide bonds. The second kappa shape index (κ2) is 8.36. The van der Waals surface area contributed by atoms with E-state index in [-0.39, 0.29) is 17.9 Å². The zero-order valence-corrected chi connectivity index (χ0v) is 16.1. The number of amides is 1. The number of thiazole rings is 1. The molecule has 0 saturated heterocycles. The van der Waals surface area contributed by atoms with E-state index in [0.29, 0.717) is 13.2 Å². The van der Waals surface area contributed by atoms with Crippen LogP contribution in [-0.2, 0) is 4.79 Å². The summed E-state index contributed by atoms with van der Waals surface area (Å²) in [6, 6.07) is 5.78. The molecule has 0 saturated carbocycles. The summed E-state index contributed by atoms with van der Waals surface area (Å²) in [6.07, 6.45) is 4.15. The van der Waals surface area contributed by atoms with Gasteiger partial charge in [-0.25, -0.2) is 4.98 Å². The predicted octanol–water partition coefficient (Wildman–Crippen LogP) is 4.14. The van der Waals surface area contributed by atoms with E-state index in [4.69, 9.17) is 9.47 Å². The fourth-order valence-corrected chi connectivity index (χ4v) is 3.41. The number of aromatic nitrogens is 1. The van der Waals surface area contributed by atoms with Gasteiger partial charge in [0.05, 0.1) is 30.0 Å². The number of aryl methyl sites for hydroxylation is 1. The van der Waals surface area contributed by atoms with Crippen molar-refractivity contribution in [3.63, 3.8) is 0 Å². The molecule has 0 bridgehead atoms. The smallest absolute Gasteiger partial charge is 0.244 e. The zero-order chi connectivity index (χ0) is 18.5. The molecule has 1 aromatic carbocycles. The summed E-state index contributed by atoms with van der Waals surface area (Å²) in [5.41, 5.74) is 1.81. The van der Waals surface area contributed by atoms with Crippen LogP contribution < -0.4 is 14.8 Å². The van der Waals surface area contributed by atoms with Gasteiger partial charge in [0, 0.05) is 17.9 Å². The van der Waals surface area contributed by atoms with Crippen molar-refractivity contribution in [3.8, 4) is 11.5 Å². The minimum atomic E-state index is -0.138. The Labute approximate surface area is 158 Å². The first-order valence-electron chi connectivity index (χ1n) is 8.83. The van der Waals surface area contributed by atoms with Gasteiger partial charge >= 0.3 is 0 Å². The van der Waals surface area contributed by atoms with Gasteiger partial charge in [0.25, 0.3) is 0 Å². The maximum absolute atomic E-state index is 12.4. The largest absolute Gasteiger partial charge is 0.490 e. The van der Waals surface area contributed by atoms with Gasteiger partial charge < -0.3 is 14.8 Å². The van der Waals surface area contributed by atoms with Crippen LogP contribution in [0.2, 0.25) is 0 Å². The topological polar surface area (TPSA) is 60.5 Å². The minimum absolute atomic E-state index is 0.110. The number of fused-ring (bicyclic) bond motifs is 1. The molecule has 0 spiro atoms. The molecule has 2 aromatic rings. The number of hydrogen-bond acceptors (Lipinski definition) is 5. The second-order valence-corrected chi connectivity index (χ2v) is 7.67. The van der Waals surface area contributed by atoms with Crippen LogP contribution in [0.3, 0.4) is 0 Å². The molecule has 1 N–H and O–H groups in total. The van der Waals surface area contributed by atoms with E-state index < -0.39 is 0 Å². The molecule has 1 atom stereocenters. The summed E-state index contributed by atoms with van der Waals surface area (Å²) in [6.45, 7) is 7.42. The molecule has 0 fully saturated rings. The van der Waals surface area contributed by atoms with E-state index in [1.807, 2.05) is 30.5 Å². The average Bonchev–Trinajstić information content (AvgIpc) is 2.89. The third-order valence-electron chi connectivity index (χ3n) is 4.14. The Bertz CT molecular complexity index is 798. The molecule has 26 heavy (non-hydrogen) atoms. The average molecular weight is 372 g/mol. The van der Waals surface area contributed by atoms with Crippen molar-refractivity contribution in [3.05, 3.63) is 45.9 Å². The summed E-state index contributed by atoms with van der Waals surface area (Å²) in [7, 11) is 0. The molecule has 5 nitrogen and oxygen atoms in total. The lowest BCUT2D eigenvalue weighted by Crippen LogP contribution is -2.30. The first kappa shape index (κ1) is 18.5. The third kappa shape index (κ3) is 4.64. The SMILES string of the molecule is Cc1nc(/C=C\C(=O)N[C@@H](c2ccc3c(c2)OCCCO3)C(C)C)cs1. The van der Waals surface area contributed by atoms with Gasteiger partial charge in [-0.15, -0.1) is 11.3 Å². The van der Waals surface area contributed by atoms with Crippen LogP contribution >= 0.6 is 11.3 Å². The Kier molecular flexibility index (Phi) is 5.93. The highest BCUT2D eigenvalue weighted by Gasteiger charge is 2.20.